The van der Waals surface area contributed by atoms with Gasteiger partial charge in [0.2, 0.25) is 0 Å². The second-order valence-corrected chi connectivity index (χ2v) is 10.9. The summed E-state index contributed by atoms with van der Waals surface area (Å²) < 4.78 is 1.19. The summed E-state index contributed by atoms with van der Waals surface area (Å²) in [5, 5.41) is 0. The minimum atomic E-state index is 1.09. The van der Waals surface area contributed by atoms with Crippen molar-refractivity contribution in [1.82, 2.24) is 0 Å². The molecule has 0 unspecified atom stereocenters. The first-order valence-electron chi connectivity index (χ1n) is 13.7. The topological polar surface area (TPSA) is 0 Å². The lowest BCUT2D eigenvalue weighted by Gasteiger charge is -2.07. The van der Waals surface area contributed by atoms with Crippen LogP contribution in [0, 0.1) is 0 Å². The Morgan fingerprint density at radius 1 is 0.562 bits per heavy atom. The molecule has 0 saturated heterocycles. The van der Waals surface area contributed by atoms with E-state index in [1.807, 2.05) is 0 Å². The maximum atomic E-state index is 3.64. The van der Waals surface area contributed by atoms with Gasteiger partial charge in [0.15, 0.2) is 0 Å². The fourth-order valence-electron chi connectivity index (χ4n) is 5.22. The van der Waals surface area contributed by atoms with Crippen molar-refractivity contribution >= 4 is 15.9 Å². The molecule has 1 heteroatoms. The lowest BCUT2D eigenvalue weighted by molar-refractivity contribution is 0.529. The molecule has 176 valence electrons. The molecule has 0 heterocycles. The molecule has 0 N–H and O–H groups in total. The molecule has 0 saturated carbocycles. The Balaban J connectivity index is 1.18. The van der Waals surface area contributed by atoms with E-state index in [1.165, 1.54) is 141 Å². The van der Waals surface area contributed by atoms with E-state index in [1.54, 1.807) is 0 Å². The number of rotatable bonds is 17. The van der Waals surface area contributed by atoms with E-state index in [0.29, 0.717) is 0 Å². The van der Waals surface area contributed by atoms with Crippen LogP contribution in [-0.4, -0.2) is 0 Å². The van der Waals surface area contributed by atoms with E-state index >= 15 is 0 Å². The molecule has 0 amide bonds. The summed E-state index contributed by atoms with van der Waals surface area (Å²) in [4.78, 5) is 0. The molecule has 0 atom stereocenters. The smallest absolute Gasteiger partial charge is 0.0181 e. The third-order valence-electron chi connectivity index (χ3n) is 7.24. The van der Waals surface area contributed by atoms with Crippen LogP contribution in [0.15, 0.2) is 40.9 Å². The van der Waals surface area contributed by atoms with Crippen molar-refractivity contribution in [3.05, 3.63) is 57.6 Å². The largest absolute Gasteiger partial charge is 0.0654 e. The quantitative estimate of drug-likeness (QED) is 0.163. The fourth-order valence-corrected chi connectivity index (χ4v) is 5.58. The van der Waals surface area contributed by atoms with E-state index in [4.69, 9.17) is 0 Å². The molecule has 1 aliphatic carbocycles. The van der Waals surface area contributed by atoms with Gasteiger partial charge in [0, 0.05) is 4.47 Å². The summed E-state index contributed by atoms with van der Waals surface area (Å²) in [5.41, 5.74) is 7.39. The van der Waals surface area contributed by atoms with Crippen LogP contribution in [0.5, 0.6) is 0 Å². The van der Waals surface area contributed by atoms with E-state index in [2.05, 4.69) is 59.3 Å². The van der Waals surface area contributed by atoms with Crippen LogP contribution in [0.2, 0.25) is 0 Å². The molecule has 0 nitrogen and oxygen atoms in total. The summed E-state index contributed by atoms with van der Waals surface area (Å²) in [6, 6.07) is 13.9. The second-order valence-electron chi connectivity index (χ2n) is 10.0. The van der Waals surface area contributed by atoms with Crippen LogP contribution in [0.25, 0.3) is 11.1 Å². The predicted molar refractivity (Wildman–Crippen MR) is 146 cm³/mol. The third kappa shape index (κ3) is 8.69. The van der Waals surface area contributed by atoms with E-state index < -0.39 is 0 Å². The van der Waals surface area contributed by atoms with E-state index in [-0.39, 0.29) is 0 Å². The number of fused-ring (bicyclic) bond motifs is 3. The molecule has 0 fully saturated rings. The summed E-state index contributed by atoms with van der Waals surface area (Å²) in [5.74, 6) is 0. The van der Waals surface area contributed by atoms with Gasteiger partial charge < -0.3 is 0 Å². The number of hydrogen-bond acceptors (Lipinski definition) is 0. The molecule has 2 aromatic rings. The van der Waals surface area contributed by atoms with Crippen LogP contribution in [-0.2, 0) is 12.8 Å². The van der Waals surface area contributed by atoms with Gasteiger partial charge in [0.25, 0.3) is 0 Å². The Morgan fingerprint density at radius 3 is 1.59 bits per heavy atom. The second kappa shape index (κ2) is 14.9. The number of halogens is 1. The van der Waals surface area contributed by atoms with Gasteiger partial charge >= 0.3 is 0 Å². The average molecular weight is 498 g/mol. The molecule has 2 aromatic carbocycles. The van der Waals surface area contributed by atoms with Crippen molar-refractivity contribution in [3.63, 3.8) is 0 Å². The Morgan fingerprint density at radius 2 is 1.03 bits per heavy atom. The molecule has 0 radical (unpaired) electrons. The first-order chi connectivity index (χ1) is 15.8. The number of aryl methyl sites for hydroxylation is 1. The van der Waals surface area contributed by atoms with Crippen molar-refractivity contribution in [2.75, 3.05) is 0 Å². The number of benzene rings is 2. The zero-order valence-corrected chi connectivity index (χ0v) is 22.2. The van der Waals surface area contributed by atoms with Gasteiger partial charge in [0.05, 0.1) is 0 Å². The van der Waals surface area contributed by atoms with Gasteiger partial charge in [-0.25, -0.2) is 0 Å². The highest BCUT2D eigenvalue weighted by molar-refractivity contribution is 9.10. The van der Waals surface area contributed by atoms with Crippen molar-refractivity contribution in [1.29, 1.82) is 0 Å². The van der Waals surface area contributed by atoms with Crippen molar-refractivity contribution in [3.8, 4) is 11.1 Å². The lowest BCUT2D eigenvalue weighted by atomic mass is 9.99. The Kier molecular flexibility index (Phi) is 11.9. The highest BCUT2D eigenvalue weighted by Gasteiger charge is 2.18. The lowest BCUT2D eigenvalue weighted by Crippen LogP contribution is -1.89. The third-order valence-corrected chi connectivity index (χ3v) is 7.73. The zero-order valence-electron chi connectivity index (χ0n) is 20.6. The van der Waals surface area contributed by atoms with Gasteiger partial charge in [-0.05, 0) is 59.2 Å². The molecule has 0 aromatic heterocycles. The SMILES string of the molecule is CCCCCCCCCCCCCCCCCCc1ccc2c(c1)-c1cc(Br)ccc1C2. The molecule has 1 aliphatic rings. The summed E-state index contributed by atoms with van der Waals surface area (Å²) in [6.45, 7) is 2.30. The van der Waals surface area contributed by atoms with Crippen molar-refractivity contribution < 1.29 is 0 Å². The molecule has 0 aliphatic heterocycles. The Bertz CT molecular complexity index is 791. The Hall–Kier alpha value is -1.08. The van der Waals surface area contributed by atoms with Gasteiger partial charge in [-0.2, -0.15) is 0 Å². The Labute approximate surface area is 206 Å². The average Bonchev–Trinajstić information content (AvgIpc) is 3.16. The first-order valence-corrected chi connectivity index (χ1v) is 14.5. The summed E-state index contributed by atoms with van der Waals surface area (Å²) in [6.07, 6.45) is 25.3. The first kappa shape index (κ1) is 25.5. The maximum absolute atomic E-state index is 3.64. The molecular formula is C31H45Br. The van der Waals surface area contributed by atoms with Gasteiger partial charge in [-0.3, -0.25) is 0 Å². The number of unbranched alkanes of at least 4 members (excludes halogenated alkanes) is 15. The highest BCUT2D eigenvalue weighted by Crippen LogP contribution is 2.38. The van der Waals surface area contributed by atoms with Crippen LogP contribution < -0.4 is 0 Å². The van der Waals surface area contributed by atoms with Crippen molar-refractivity contribution in [2.24, 2.45) is 0 Å². The van der Waals surface area contributed by atoms with Gasteiger partial charge in [-0.15, -0.1) is 0 Å². The van der Waals surface area contributed by atoms with Gasteiger partial charge in [-0.1, -0.05) is 143 Å². The fraction of sp³-hybridized carbons (Fsp3) is 0.613. The number of hydrogen-bond donors (Lipinski definition) is 0. The predicted octanol–water partition coefficient (Wildman–Crippen LogP) is 10.8. The molecular weight excluding hydrogens is 452 g/mol. The summed E-state index contributed by atoms with van der Waals surface area (Å²) in [7, 11) is 0. The highest BCUT2D eigenvalue weighted by atomic mass is 79.9. The van der Waals surface area contributed by atoms with Crippen molar-refractivity contribution in [2.45, 2.75) is 122 Å². The standard InChI is InChI=1S/C31H45Br/c1-2-3-4-5-6-7-8-9-10-11-12-13-14-15-16-17-18-26-19-20-27-24-28-21-22-29(32)25-31(28)30(27)23-26/h19-23,25H,2-18,24H2,1H3. The van der Waals surface area contributed by atoms with E-state index in [9.17, 15) is 0 Å². The van der Waals surface area contributed by atoms with E-state index in [0.717, 1.165) is 6.42 Å². The van der Waals surface area contributed by atoms with Crippen LogP contribution in [0.4, 0.5) is 0 Å². The van der Waals surface area contributed by atoms with Crippen LogP contribution in [0.1, 0.15) is 126 Å². The summed E-state index contributed by atoms with van der Waals surface area (Å²) >= 11 is 3.64. The molecule has 0 spiro atoms. The maximum Gasteiger partial charge on any atom is 0.0181 e. The molecule has 0 bridgehead atoms. The van der Waals surface area contributed by atoms with Gasteiger partial charge in [0.1, 0.15) is 0 Å². The minimum absolute atomic E-state index is 1.09. The minimum Gasteiger partial charge on any atom is -0.0654 e. The van der Waals surface area contributed by atoms with Crippen LogP contribution in [0.3, 0.4) is 0 Å². The molecule has 3 rings (SSSR count). The normalized spacial score (nSPS) is 12.2. The monoisotopic (exact) mass is 496 g/mol. The zero-order chi connectivity index (χ0) is 22.4. The van der Waals surface area contributed by atoms with Crippen LogP contribution >= 0.6 is 15.9 Å². The molecule has 32 heavy (non-hydrogen) atoms.